The van der Waals surface area contributed by atoms with Gasteiger partial charge in [0, 0.05) is 25.3 Å². The van der Waals surface area contributed by atoms with Crippen LogP contribution in [0.4, 0.5) is 0 Å². The van der Waals surface area contributed by atoms with E-state index in [-0.39, 0.29) is 0 Å². The van der Waals surface area contributed by atoms with Crippen LogP contribution in [0.25, 0.3) is 43.1 Å². The number of methoxy groups -OCH3 is 2. The Morgan fingerprint density at radius 1 is 0.469 bits per heavy atom. The number of hydrogen-bond acceptors (Lipinski definition) is 6. The fourth-order valence-corrected chi connectivity index (χ4v) is 6.90. The molecule has 6 heteroatoms. The molecule has 6 nitrogen and oxygen atoms in total. The van der Waals surface area contributed by atoms with Crippen molar-refractivity contribution < 1.29 is 28.5 Å². The number of benzene rings is 7. The van der Waals surface area contributed by atoms with Gasteiger partial charge in [-0.1, -0.05) is 127 Å². The van der Waals surface area contributed by atoms with E-state index < -0.39 is 36.4 Å². The van der Waals surface area contributed by atoms with Gasteiger partial charge in [-0.3, -0.25) is 0 Å². The van der Waals surface area contributed by atoms with Gasteiger partial charge >= 0.3 is 11.9 Å². The van der Waals surface area contributed by atoms with Crippen LogP contribution in [-0.2, 0) is 28.5 Å². The van der Waals surface area contributed by atoms with E-state index in [1.165, 1.54) is 14.2 Å². The standard InChI is InChI=1S/C43H36O6/c1-27(48-42(44)40(46-2)37-33-21-11-7-17-29(33)25-30-18-8-12-22-34(30)37)39(28-15-5-4-6-16-28)49-43(45)41(47-3)38-35-23-13-9-19-31(35)26-32-20-10-14-24-36(32)38/h4-27,39-41H,1-3H3/t27-,39+,40+,41+/m1/s1. The molecular weight excluding hydrogens is 612 g/mol. The highest BCUT2D eigenvalue weighted by molar-refractivity contribution is 6.06. The topological polar surface area (TPSA) is 71.1 Å². The van der Waals surface area contributed by atoms with Crippen LogP contribution in [0.1, 0.15) is 41.9 Å². The largest absolute Gasteiger partial charge is 0.456 e. The Morgan fingerprint density at radius 2 is 0.816 bits per heavy atom. The van der Waals surface area contributed by atoms with E-state index in [2.05, 4.69) is 12.1 Å². The molecule has 0 saturated carbocycles. The first-order valence-corrected chi connectivity index (χ1v) is 16.3. The summed E-state index contributed by atoms with van der Waals surface area (Å²) in [5.74, 6) is -1.18. The molecule has 0 fully saturated rings. The molecule has 0 N–H and O–H groups in total. The third-order valence-electron chi connectivity index (χ3n) is 9.15. The van der Waals surface area contributed by atoms with Crippen molar-refractivity contribution in [3.63, 3.8) is 0 Å². The summed E-state index contributed by atoms with van der Waals surface area (Å²) in [6.07, 6.45) is -3.88. The molecular formula is C43H36O6. The van der Waals surface area contributed by atoms with Crippen LogP contribution in [0.15, 0.2) is 140 Å². The highest BCUT2D eigenvalue weighted by Gasteiger charge is 2.35. The minimum atomic E-state index is -1.04. The van der Waals surface area contributed by atoms with Gasteiger partial charge in [-0.15, -0.1) is 0 Å². The van der Waals surface area contributed by atoms with E-state index in [0.717, 1.165) is 54.2 Å². The predicted octanol–water partition coefficient (Wildman–Crippen LogP) is 9.59. The molecule has 0 bridgehead atoms. The average molecular weight is 649 g/mol. The molecule has 4 atom stereocenters. The molecule has 0 aromatic heterocycles. The normalized spacial score (nSPS) is 14.0. The van der Waals surface area contributed by atoms with Gasteiger partial charge in [-0.05, 0) is 67.7 Å². The fourth-order valence-electron chi connectivity index (χ4n) is 6.90. The van der Waals surface area contributed by atoms with Crippen LogP contribution in [0.5, 0.6) is 0 Å². The van der Waals surface area contributed by atoms with Crippen molar-refractivity contribution in [3.8, 4) is 0 Å². The molecule has 0 saturated heterocycles. The lowest BCUT2D eigenvalue weighted by molar-refractivity contribution is -0.180. The van der Waals surface area contributed by atoms with Crippen LogP contribution < -0.4 is 0 Å². The van der Waals surface area contributed by atoms with Crippen molar-refractivity contribution in [2.24, 2.45) is 0 Å². The van der Waals surface area contributed by atoms with Crippen LogP contribution in [0.2, 0.25) is 0 Å². The first kappa shape index (κ1) is 32.0. The summed E-state index contributed by atoms with van der Waals surface area (Å²) in [7, 11) is 3.00. The van der Waals surface area contributed by atoms with Crippen LogP contribution >= 0.6 is 0 Å². The van der Waals surface area contributed by atoms with Gasteiger partial charge in [-0.25, -0.2) is 9.59 Å². The number of esters is 2. The molecule has 49 heavy (non-hydrogen) atoms. The lowest BCUT2D eigenvalue weighted by Gasteiger charge is -2.28. The number of hydrogen-bond donors (Lipinski definition) is 0. The van der Waals surface area contributed by atoms with Crippen molar-refractivity contribution in [1.29, 1.82) is 0 Å². The number of carbonyl (C=O) groups excluding carboxylic acids is 2. The molecule has 0 spiro atoms. The van der Waals surface area contributed by atoms with Crippen molar-refractivity contribution in [3.05, 3.63) is 156 Å². The second kappa shape index (κ2) is 13.9. The lowest BCUT2D eigenvalue weighted by Crippen LogP contribution is -2.31. The summed E-state index contributed by atoms with van der Waals surface area (Å²) in [4.78, 5) is 28.3. The van der Waals surface area contributed by atoms with Gasteiger partial charge < -0.3 is 18.9 Å². The highest BCUT2D eigenvalue weighted by Crippen LogP contribution is 2.38. The summed E-state index contributed by atoms with van der Waals surface area (Å²) in [5.41, 5.74) is 2.13. The van der Waals surface area contributed by atoms with E-state index in [0.29, 0.717) is 5.56 Å². The Labute approximate surface area is 284 Å². The number of ether oxygens (including phenoxy) is 4. The quantitative estimate of drug-likeness (QED) is 0.109. The molecule has 0 aliphatic rings. The Kier molecular flexibility index (Phi) is 9.07. The van der Waals surface area contributed by atoms with Crippen LogP contribution in [0, 0.1) is 0 Å². The Morgan fingerprint density at radius 3 is 1.20 bits per heavy atom. The molecule has 7 aromatic rings. The summed E-state index contributed by atoms with van der Waals surface area (Å²) >= 11 is 0. The van der Waals surface area contributed by atoms with E-state index in [4.69, 9.17) is 18.9 Å². The molecule has 0 unspecified atom stereocenters. The smallest absolute Gasteiger partial charge is 0.340 e. The summed E-state index contributed by atoms with van der Waals surface area (Å²) in [5, 5.41) is 7.53. The zero-order valence-corrected chi connectivity index (χ0v) is 27.5. The summed E-state index contributed by atoms with van der Waals surface area (Å²) in [6, 6.07) is 45.1. The molecule has 0 aliphatic heterocycles. The zero-order valence-electron chi connectivity index (χ0n) is 27.5. The highest BCUT2D eigenvalue weighted by atomic mass is 16.6. The van der Waals surface area contributed by atoms with Gasteiger partial charge in [0.25, 0.3) is 0 Å². The van der Waals surface area contributed by atoms with E-state index in [1.807, 2.05) is 127 Å². The fraction of sp³-hybridized carbons (Fsp3) is 0.163. The van der Waals surface area contributed by atoms with Crippen molar-refractivity contribution in [1.82, 2.24) is 0 Å². The Balaban J connectivity index is 1.23. The Bertz CT molecular complexity index is 2190. The molecule has 0 aliphatic carbocycles. The minimum absolute atomic E-state index is 0.586. The second-order valence-electron chi connectivity index (χ2n) is 12.1. The SMILES string of the molecule is CO[C@H](C(=O)O[C@H](c1ccccc1)[C@@H](C)OC(=O)[C@@H](OC)c1c2ccccc2cc2ccccc12)c1c2ccccc2cc2ccccc12. The first-order chi connectivity index (χ1) is 24.0. The van der Waals surface area contributed by atoms with Crippen LogP contribution in [0.3, 0.4) is 0 Å². The zero-order chi connectivity index (χ0) is 33.9. The molecule has 0 radical (unpaired) electrons. The number of fused-ring (bicyclic) bond motifs is 4. The molecule has 7 rings (SSSR count). The van der Waals surface area contributed by atoms with Gasteiger partial charge in [0.05, 0.1) is 0 Å². The maximum Gasteiger partial charge on any atom is 0.340 e. The maximum atomic E-state index is 14.2. The second-order valence-corrected chi connectivity index (χ2v) is 12.1. The Hall–Kier alpha value is -5.56. The third-order valence-corrected chi connectivity index (χ3v) is 9.15. The lowest BCUT2D eigenvalue weighted by atomic mass is 9.93. The van der Waals surface area contributed by atoms with Gasteiger partial charge in [-0.2, -0.15) is 0 Å². The molecule has 244 valence electrons. The van der Waals surface area contributed by atoms with Gasteiger partial charge in [0.2, 0.25) is 0 Å². The van der Waals surface area contributed by atoms with E-state index in [1.54, 1.807) is 6.92 Å². The molecule has 7 aromatic carbocycles. The van der Waals surface area contributed by atoms with E-state index >= 15 is 0 Å². The molecule has 0 amide bonds. The predicted molar refractivity (Wildman–Crippen MR) is 193 cm³/mol. The van der Waals surface area contributed by atoms with Gasteiger partial charge in [0.1, 0.15) is 6.10 Å². The van der Waals surface area contributed by atoms with Crippen molar-refractivity contribution in [2.45, 2.75) is 31.3 Å². The van der Waals surface area contributed by atoms with Crippen molar-refractivity contribution >= 4 is 55.0 Å². The minimum Gasteiger partial charge on any atom is -0.456 e. The monoisotopic (exact) mass is 648 g/mol. The maximum absolute atomic E-state index is 14.2. The van der Waals surface area contributed by atoms with Crippen LogP contribution in [-0.4, -0.2) is 32.3 Å². The average Bonchev–Trinajstić information content (AvgIpc) is 3.14. The van der Waals surface area contributed by atoms with Crippen molar-refractivity contribution in [2.75, 3.05) is 14.2 Å². The third kappa shape index (κ3) is 6.13. The van der Waals surface area contributed by atoms with E-state index in [9.17, 15) is 9.59 Å². The summed E-state index contributed by atoms with van der Waals surface area (Å²) in [6.45, 7) is 1.73. The summed E-state index contributed by atoms with van der Waals surface area (Å²) < 4.78 is 24.2. The van der Waals surface area contributed by atoms with Gasteiger partial charge in [0.15, 0.2) is 18.3 Å². The number of rotatable bonds is 10. The first-order valence-electron chi connectivity index (χ1n) is 16.3. The molecule has 0 heterocycles. The number of carbonyl (C=O) groups is 2.